The molecule has 1 saturated heterocycles. The molecule has 1 aromatic heterocycles. The molecule has 1 unspecified atom stereocenters. The molecule has 0 radical (unpaired) electrons. The van der Waals surface area contributed by atoms with Crippen molar-refractivity contribution in [3.8, 4) is 16.2 Å². The molecule has 4 N–H and O–H groups in total. The van der Waals surface area contributed by atoms with Crippen molar-refractivity contribution in [2.45, 2.75) is 90.6 Å². The summed E-state index contributed by atoms with van der Waals surface area (Å²) in [6.45, 7) is 9.69. The number of halogens is 1. The molecule has 1 aliphatic carbocycles. The van der Waals surface area contributed by atoms with Crippen molar-refractivity contribution in [1.29, 1.82) is 5.41 Å². The Morgan fingerprint density at radius 1 is 1.12 bits per heavy atom. The molecule has 3 aromatic rings. The lowest BCUT2D eigenvalue weighted by Crippen LogP contribution is -2.53. The van der Waals surface area contributed by atoms with Gasteiger partial charge in [-0.05, 0) is 61.4 Å². The second kappa shape index (κ2) is 15.8. The lowest BCUT2D eigenvalue weighted by molar-refractivity contribution is -0.140. The zero-order chi connectivity index (χ0) is 35.2. The first-order valence-corrected chi connectivity index (χ1v) is 17.6. The van der Waals surface area contributed by atoms with E-state index in [1.807, 2.05) is 57.5 Å². The second-order valence-electron chi connectivity index (χ2n) is 13.2. The summed E-state index contributed by atoms with van der Waals surface area (Å²) in [6, 6.07) is 10.9. The Bertz CT molecular complexity index is 1700. The summed E-state index contributed by atoms with van der Waals surface area (Å²) in [5, 5.41) is 17.2. The first-order chi connectivity index (χ1) is 23.4. The largest absolute Gasteiger partial charge is 0.490 e. The zero-order valence-electron chi connectivity index (χ0n) is 28.6. The van der Waals surface area contributed by atoms with E-state index < -0.39 is 17.9 Å². The van der Waals surface area contributed by atoms with E-state index in [9.17, 15) is 18.8 Å². The number of nitrogens with one attached hydrogen (secondary N) is 4. The number of carbonyl (C=O) groups excluding carboxylic acids is 3. The van der Waals surface area contributed by atoms with Crippen molar-refractivity contribution in [1.82, 2.24) is 25.8 Å². The number of hydrogen-bond donors (Lipinski definition) is 4. The van der Waals surface area contributed by atoms with Crippen LogP contribution in [0.1, 0.15) is 76.2 Å². The molecule has 12 heteroatoms. The predicted molar refractivity (Wildman–Crippen MR) is 190 cm³/mol. The summed E-state index contributed by atoms with van der Waals surface area (Å²) in [5.74, 6) is -0.812. The smallest absolute Gasteiger partial charge is 0.245 e. The Morgan fingerprint density at radius 2 is 1.86 bits per heavy atom. The minimum Gasteiger partial charge on any atom is -0.490 e. The number of aromatic nitrogens is 1. The van der Waals surface area contributed by atoms with Gasteiger partial charge in [-0.15, -0.1) is 11.3 Å². The van der Waals surface area contributed by atoms with Crippen LogP contribution in [0.4, 0.5) is 4.39 Å². The average Bonchev–Trinajstić information content (AvgIpc) is 3.71. The van der Waals surface area contributed by atoms with Crippen LogP contribution in [0.5, 0.6) is 5.75 Å². The quantitative estimate of drug-likeness (QED) is 0.168. The number of carbonyl (C=O) groups is 3. The number of benzene rings is 2. The van der Waals surface area contributed by atoms with Crippen molar-refractivity contribution in [2.24, 2.45) is 5.92 Å². The van der Waals surface area contributed by atoms with Crippen LogP contribution in [-0.2, 0) is 14.4 Å². The van der Waals surface area contributed by atoms with E-state index in [1.165, 1.54) is 19.1 Å². The highest BCUT2D eigenvalue weighted by atomic mass is 32.1. The number of likely N-dealkylation sites (tertiary alicyclic amines) is 1. The third-order valence-corrected chi connectivity index (χ3v) is 10.1. The molecule has 2 fully saturated rings. The fourth-order valence-corrected chi connectivity index (χ4v) is 7.18. The van der Waals surface area contributed by atoms with Crippen LogP contribution < -0.4 is 20.7 Å². The first kappa shape index (κ1) is 35.7. The molecule has 2 aromatic carbocycles. The molecule has 3 amide bonds. The number of amides is 3. The summed E-state index contributed by atoms with van der Waals surface area (Å²) in [6.07, 6.45) is 5.05. The van der Waals surface area contributed by atoms with Gasteiger partial charge in [0.05, 0.1) is 22.1 Å². The Morgan fingerprint density at radius 3 is 2.49 bits per heavy atom. The molecule has 3 atom stereocenters. The molecule has 49 heavy (non-hydrogen) atoms. The highest BCUT2D eigenvalue weighted by molar-refractivity contribution is 7.13. The van der Waals surface area contributed by atoms with Gasteiger partial charge in [0.2, 0.25) is 17.7 Å². The zero-order valence-corrected chi connectivity index (χ0v) is 29.4. The molecule has 2 aliphatic rings. The number of ether oxygens (including phenoxy) is 1. The number of aryl methyl sites for hydroxylation is 1. The number of thiazole rings is 1. The standard InChI is InChI=1S/C37H45FN6O4S/c1-21(2)34(40-19-28(18-39)27-13-29(38)15-31(14-27)48-32-16-30(17-32)43-24(5)45)37(47)44-12-6-7-33(44)36(46)42-22(3)25-8-10-26(11-9-25)35-23(4)41-20-49-35/h8-11,13-15,18-22,30,32-34,39-40H,6-7,12,16-17H2,1-5H3,(H,42,46)(H,43,45)/b28-19+,39-18?/t22-,30-,32+,33-,34?/m0/s1. The lowest BCUT2D eigenvalue weighted by atomic mass is 9.89. The van der Waals surface area contributed by atoms with Crippen LogP contribution in [0.25, 0.3) is 16.0 Å². The van der Waals surface area contributed by atoms with Gasteiger partial charge in [-0.25, -0.2) is 9.37 Å². The second-order valence-corrected chi connectivity index (χ2v) is 14.1. The number of nitrogens with zero attached hydrogens (tertiary/aromatic N) is 2. The van der Waals surface area contributed by atoms with Crippen LogP contribution in [0, 0.1) is 24.1 Å². The minimum atomic E-state index is -0.673. The van der Waals surface area contributed by atoms with Crippen molar-refractivity contribution in [2.75, 3.05) is 6.54 Å². The average molecular weight is 689 g/mol. The molecule has 0 spiro atoms. The van der Waals surface area contributed by atoms with E-state index in [2.05, 4.69) is 20.9 Å². The summed E-state index contributed by atoms with van der Waals surface area (Å²) in [5.41, 5.74) is 5.66. The Labute approximate surface area is 291 Å². The third kappa shape index (κ3) is 8.72. The van der Waals surface area contributed by atoms with E-state index in [4.69, 9.17) is 10.1 Å². The molecule has 0 bridgehead atoms. The topological polar surface area (TPSA) is 137 Å². The highest BCUT2D eigenvalue weighted by Gasteiger charge is 2.38. The van der Waals surface area contributed by atoms with E-state index in [1.54, 1.807) is 28.5 Å². The fourth-order valence-electron chi connectivity index (χ4n) is 6.37. The predicted octanol–water partition coefficient (Wildman–Crippen LogP) is 5.78. The third-order valence-electron chi connectivity index (χ3n) is 9.13. The highest BCUT2D eigenvalue weighted by Crippen LogP contribution is 2.30. The van der Waals surface area contributed by atoms with Crippen LogP contribution >= 0.6 is 11.3 Å². The van der Waals surface area contributed by atoms with Gasteiger partial charge in [0.1, 0.15) is 29.8 Å². The Balaban J connectivity index is 1.22. The molecular weight excluding hydrogens is 644 g/mol. The van der Waals surface area contributed by atoms with Gasteiger partial charge in [0, 0.05) is 56.4 Å². The van der Waals surface area contributed by atoms with Gasteiger partial charge in [0.15, 0.2) is 0 Å². The van der Waals surface area contributed by atoms with Gasteiger partial charge < -0.3 is 31.0 Å². The molecule has 2 heterocycles. The monoisotopic (exact) mass is 688 g/mol. The maximum absolute atomic E-state index is 14.7. The van der Waals surface area contributed by atoms with Crippen LogP contribution in [0.3, 0.4) is 0 Å². The van der Waals surface area contributed by atoms with Gasteiger partial charge >= 0.3 is 0 Å². The molecular formula is C37H45FN6O4S. The van der Waals surface area contributed by atoms with Crippen molar-refractivity contribution in [3.63, 3.8) is 0 Å². The van der Waals surface area contributed by atoms with Crippen LogP contribution in [-0.4, -0.2) is 64.6 Å². The van der Waals surface area contributed by atoms with Crippen molar-refractivity contribution < 1.29 is 23.5 Å². The van der Waals surface area contributed by atoms with Gasteiger partial charge in [0.25, 0.3) is 0 Å². The van der Waals surface area contributed by atoms with Crippen molar-refractivity contribution in [3.05, 3.63) is 76.8 Å². The maximum atomic E-state index is 14.7. The SMILES string of the molecule is CC(=O)N[C@H]1C[C@@H](Oc2cc(F)cc(/C(C=N)=C/NC(C(=O)N3CCC[C@H]3C(=O)N[C@@H](C)c3ccc(-c4scnc4C)cc3)C(C)C)c2)C1. The Kier molecular flexibility index (Phi) is 11.5. The number of hydrogen-bond acceptors (Lipinski definition) is 8. The van der Waals surface area contributed by atoms with Crippen LogP contribution in [0.2, 0.25) is 0 Å². The fraction of sp³-hybridized carbons (Fsp3) is 0.432. The summed E-state index contributed by atoms with van der Waals surface area (Å²) < 4.78 is 20.6. The van der Waals surface area contributed by atoms with Crippen molar-refractivity contribution >= 4 is 40.8 Å². The first-order valence-electron chi connectivity index (χ1n) is 16.8. The lowest BCUT2D eigenvalue weighted by Gasteiger charge is -2.35. The van der Waals surface area contributed by atoms with E-state index in [0.717, 1.165) is 27.9 Å². The summed E-state index contributed by atoms with van der Waals surface area (Å²) in [4.78, 5) is 45.8. The molecule has 1 saturated carbocycles. The molecule has 260 valence electrons. The molecule has 1 aliphatic heterocycles. The van der Waals surface area contributed by atoms with E-state index >= 15 is 0 Å². The summed E-state index contributed by atoms with van der Waals surface area (Å²) >= 11 is 1.60. The van der Waals surface area contributed by atoms with E-state index in [0.29, 0.717) is 49.1 Å². The van der Waals surface area contributed by atoms with E-state index in [-0.39, 0.29) is 41.8 Å². The van der Waals surface area contributed by atoms with Gasteiger partial charge in [-0.1, -0.05) is 38.1 Å². The van der Waals surface area contributed by atoms with Gasteiger partial charge in [-0.3, -0.25) is 14.4 Å². The molecule has 10 nitrogen and oxygen atoms in total. The maximum Gasteiger partial charge on any atom is 0.245 e. The normalized spacial score (nSPS) is 20.3. The summed E-state index contributed by atoms with van der Waals surface area (Å²) in [7, 11) is 0. The number of rotatable bonds is 13. The Hall–Kier alpha value is -4.58. The molecule has 5 rings (SSSR count). The van der Waals surface area contributed by atoms with Crippen LogP contribution in [0.15, 0.2) is 54.2 Å². The van der Waals surface area contributed by atoms with Gasteiger partial charge in [-0.2, -0.15) is 0 Å². The minimum absolute atomic E-state index is 0.0450. The number of allylic oxidation sites excluding steroid dienone is 1.